The molecule has 2 rings (SSSR count). The zero-order valence-electron chi connectivity index (χ0n) is 9.93. The van der Waals surface area contributed by atoms with Crippen LogP contribution >= 0.6 is 0 Å². The van der Waals surface area contributed by atoms with Crippen LogP contribution in [0, 0.1) is 11.3 Å². The van der Waals surface area contributed by atoms with Gasteiger partial charge in [-0.15, -0.1) is 0 Å². The van der Waals surface area contributed by atoms with E-state index in [4.69, 9.17) is 5.26 Å². The van der Waals surface area contributed by atoms with Crippen molar-refractivity contribution in [1.29, 1.82) is 5.26 Å². The van der Waals surface area contributed by atoms with Gasteiger partial charge in [0.2, 0.25) is 0 Å². The molecule has 6 heteroatoms. The summed E-state index contributed by atoms with van der Waals surface area (Å²) >= 11 is 0. The van der Waals surface area contributed by atoms with Gasteiger partial charge >= 0.3 is 0 Å². The van der Waals surface area contributed by atoms with Crippen LogP contribution in [0.1, 0.15) is 19.3 Å². The Kier molecular flexibility index (Phi) is 4.02. The van der Waals surface area contributed by atoms with Gasteiger partial charge in [-0.05, 0) is 19.4 Å². The zero-order chi connectivity index (χ0) is 12.3. The van der Waals surface area contributed by atoms with Crippen LogP contribution in [0.25, 0.3) is 0 Å². The molecule has 0 bridgehead atoms. The van der Waals surface area contributed by atoms with Crippen LogP contribution in [0.15, 0.2) is 0 Å². The maximum Gasteiger partial charge on any atom is 0.151 e. The lowest BCUT2D eigenvalue weighted by atomic mass is 10.1. The van der Waals surface area contributed by atoms with Gasteiger partial charge < -0.3 is 5.32 Å². The molecule has 2 fully saturated rings. The van der Waals surface area contributed by atoms with Crippen LogP contribution < -0.4 is 5.32 Å². The number of hydrogen-bond acceptors (Lipinski definition) is 5. The van der Waals surface area contributed by atoms with Crippen LogP contribution in [0.3, 0.4) is 0 Å². The fraction of sp³-hybridized carbons (Fsp3) is 0.909. The van der Waals surface area contributed by atoms with Gasteiger partial charge in [-0.2, -0.15) is 5.26 Å². The minimum Gasteiger partial charge on any atom is -0.315 e. The Bertz CT molecular complexity index is 401. The Morgan fingerprint density at radius 1 is 1.47 bits per heavy atom. The first-order chi connectivity index (χ1) is 8.12. The summed E-state index contributed by atoms with van der Waals surface area (Å²) in [7, 11) is -2.84. The number of nitriles is 1. The smallest absolute Gasteiger partial charge is 0.151 e. The summed E-state index contributed by atoms with van der Waals surface area (Å²) in [4.78, 5) is 2.24. The van der Waals surface area contributed by atoms with E-state index in [9.17, 15) is 8.42 Å². The molecule has 2 atom stereocenters. The number of rotatable bonds is 2. The van der Waals surface area contributed by atoms with Gasteiger partial charge in [0.15, 0.2) is 9.84 Å². The number of nitrogens with zero attached hydrogens (tertiary/aromatic N) is 2. The SMILES string of the molecule is N#CCC1CNCCCN1C1CCS(=O)(=O)C1. The van der Waals surface area contributed by atoms with E-state index in [-0.39, 0.29) is 17.8 Å². The zero-order valence-corrected chi connectivity index (χ0v) is 10.7. The molecule has 0 radical (unpaired) electrons. The number of nitrogens with one attached hydrogen (secondary N) is 1. The number of hydrogen-bond donors (Lipinski definition) is 1. The molecule has 1 N–H and O–H groups in total. The van der Waals surface area contributed by atoms with Crippen LogP contribution in [0.4, 0.5) is 0 Å². The van der Waals surface area contributed by atoms with Crippen molar-refractivity contribution in [2.45, 2.75) is 31.3 Å². The summed E-state index contributed by atoms with van der Waals surface area (Å²) in [6, 6.07) is 2.50. The van der Waals surface area contributed by atoms with E-state index in [1.807, 2.05) is 0 Å². The van der Waals surface area contributed by atoms with Gasteiger partial charge in [0.25, 0.3) is 0 Å². The summed E-state index contributed by atoms with van der Waals surface area (Å²) < 4.78 is 23.1. The molecule has 0 aromatic carbocycles. The highest BCUT2D eigenvalue weighted by Crippen LogP contribution is 2.22. The standard InChI is InChI=1S/C11H19N3O2S/c12-4-2-10-8-13-5-1-6-14(10)11-3-7-17(15,16)9-11/h10-11,13H,1-3,5-9H2. The van der Waals surface area contributed by atoms with Crippen molar-refractivity contribution in [3.05, 3.63) is 0 Å². The highest BCUT2D eigenvalue weighted by Gasteiger charge is 2.35. The lowest BCUT2D eigenvalue weighted by Crippen LogP contribution is -2.46. The van der Waals surface area contributed by atoms with Gasteiger partial charge in [0.05, 0.1) is 24.0 Å². The molecule has 17 heavy (non-hydrogen) atoms. The molecule has 2 unspecified atom stereocenters. The molecule has 0 saturated carbocycles. The molecule has 0 spiro atoms. The van der Waals surface area contributed by atoms with E-state index >= 15 is 0 Å². The predicted molar refractivity (Wildman–Crippen MR) is 65.3 cm³/mol. The van der Waals surface area contributed by atoms with Crippen molar-refractivity contribution in [3.63, 3.8) is 0 Å². The summed E-state index contributed by atoms with van der Waals surface area (Å²) in [5, 5.41) is 12.2. The van der Waals surface area contributed by atoms with Gasteiger partial charge in [-0.1, -0.05) is 0 Å². The Morgan fingerprint density at radius 3 is 2.94 bits per heavy atom. The molecule has 5 nitrogen and oxygen atoms in total. The first kappa shape index (κ1) is 12.8. The van der Waals surface area contributed by atoms with Crippen molar-refractivity contribution >= 4 is 9.84 Å². The molecule has 2 aliphatic heterocycles. The third-order valence-corrected chi connectivity index (χ3v) is 5.37. The Balaban J connectivity index is 2.07. The monoisotopic (exact) mass is 257 g/mol. The average molecular weight is 257 g/mol. The summed E-state index contributed by atoms with van der Waals surface area (Å²) in [5.41, 5.74) is 0. The molecule has 96 valence electrons. The summed E-state index contributed by atoms with van der Waals surface area (Å²) in [6.45, 7) is 2.65. The van der Waals surface area contributed by atoms with E-state index in [0.29, 0.717) is 12.2 Å². The maximum absolute atomic E-state index is 11.5. The third kappa shape index (κ3) is 3.18. The molecule has 0 aliphatic carbocycles. The van der Waals surface area contributed by atoms with Crippen LogP contribution in [-0.2, 0) is 9.84 Å². The maximum atomic E-state index is 11.5. The highest BCUT2D eigenvalue weighted by molar-refractivity contribution is 7.91. The van der Waals surface area contributed by atoms with E-state index in [2.05, 4.69) is 16.3 Å². The Morgan fingerprint density at radius 2 is 2.29 bits per heavy atom. The van der Waals surface area contributed by atoms with E-state index in [0.717, 1.165) is 32.5 Å². The molecular weight excluding hydrogens is 238 g/mol. The van der Waals surface area contributed by atoms with Crippen LogP contribution in [-0.4, -0.2) is 56.5 Å². The van der Waals surface area contributed by atoms with E-state index < -0.39 is 9.84 Å². The molecule has 0 amide bonds. The second-order valence-electron chi connectivity index (χ2n) is 4.87. The lowest BCUT2D eigenvalue weighted by molar-refractivity contribution is 0.159. The second-order valence-corrected chi connectivity index (χ2v) is 7.10. The van der Waals surface area contributed by atoms with Crippen molar-refractivity contribution in [3.8, 4) is 6.07 Å². The molecule has 0 aromatic heterocycles. The van der Waals surface area contributed by atoms with Gasteiger partial charge in [0, 0.05) is 25.2 Å². The first-order valence-corrected chi connectivity index (χ1v) is 7.98. The summed E-state index contributed by atoms with van der Waals surface area (Å²) in [5.74, 6) is 0.579. The topological polar surface area (TPSA) is 73.2 Å². The van der Waals surface area contributed by atoms with Gasteiger partial charge in [0.1, 0.15) is 0 Å². The van der Waals surface area contributed by atoms with Crippen LogP contribution in [0.2, 0.25) is 0 Å². The number of sulfone groups is 1. The second kappa shape index (κ2) is 5.34. The van der Waals surface area contributed by atoms with Crippen molar-refractivity contribution in [2.24, 2.45) is 0 Å². The molecule has 2 saturated heterocycles. The van der Waals surface area contributed by atoms with Crippen molar-refractivity contribution in [2.75, 3.05) is 31.1 Å². The minimum atomic E-state index is -2.84. The van der Waals surface area contributed by atoms with Crippen LogP contribution in [0.5, 0.6) is 0 Å². The summed E-state index contributed by atoms with van der Waals surface area (Å²) in [6.07, 6.45) is 2.23. The van der Waals surface area contributed by atoms with E-state index in [1.54, 1.807) is 0 Å². The van der Waals surface area contributed by atoms with Crippen molar-refractivity contribution in [1.82, 2.24) is 10.2 Å². The van der Waals surface area contributed by atoms with Gasteiger partial charge in [-0.3, -0.25) is 4.90 Å². The Hall–Kier alpha value is -0.640. The fourth-order valence-corrected chi connectivity index (χ4v) is 4.51. The molecule has 2 heterocycles. The third-order valence-electron chi connectivity index (χ3n) is 3.62. The molecule has 0 aromatic rings. The van der Waals surface area contributed by atoms with Gasteiger partial charge in [-0.25, -0.2) is 8.42 Å². The first-order valence-electron chi connectivity index (χ1n) is 6.16. The lowest BCUT2D eigenvalue weighted by Gasteiger charge is -2.32. The quantitative estimate of drug-likeness (QED) is 0.738. The predicted octanol–water partition coefficient (Wildman–Crippen LogP) is -0.249. The molecular formula is C11H19N3O2S. The minimum absolute atomic E-state index is 0.123. The van der Waals surface area contributed by atoms with Crippen molar-refractivity contribution < 1.29 is 8.42 Å². The Labute approximate surface area is 103 Å². The normalized spacial score (nSPS) is 34.1. The highest BCUT2D eigenvalue weighted by atomic mass is 32.2. The largest absolute Gasteiger partial charge is 0.315 e. The average Bonchev–Trinajstić information content (AvgIpc) is 2.51. The fourth-order valence-electron chi connectivity index (χ4n) is 2.77. The molecule has 2 aliphatic rings. The van der Waals surface area contributed by atoms with E-state index in [1.165, 1.54) is 0 Å².